The van der Waals surface area contributed by atoms with Gasteiger partial charge in [0.1, 0.15) is 4.90 Å². The average Bonchev–Trinajstić information content (AvgIpc) is 2.56. The summed E-state index contributed by atoms with van der Waals surface area (Å²) in [5, 5.41) is 21.2. The van der Waals surface area contributed by atoms with Crippen LogP contribution in [0.3, 0.4) is 0 Å². The van der Waals surface area contributed by atoms with E-state index in [-0.39, 0.29) is 11.5 Å². The van der Waals surface area contributed by atoms with Gasteiger partial charge in [-0.1, -0.05) is 31.5 Å². The van der Waals surface area contributed by atoms with Gasteiger partial charge in [0.2, 0.25) is 10.0 Å². The van der Waals surface area contributed by atoms with Crippen LogP contribution >= 0.6 is 0 Å². The quantitative estimate of drug-likeness (QED) is 0.549. The van der Waals surface area contributed by atoms with Crippen molar-refractivity contribution in [2.75, 3.05) is 17.2 Å². The molecule has 2 aromatic rings. The molecule has 2 aromatic carbocycles. The molecule has 0 fully saturated rings. The van der Waals surface area contributed by atoms with Gasteiger partial charge in [-0.2, -0.15) is 0 Å². The van der Waals surface area contributed by atoms with Crippen molar-refractivity contribution < 1.29 is 13.5 Å². The third kappa shape index (κ3) is 4.70. The maximum atomic E-state index is 12.0. The van der Waals surface area contributed by atoms with Crippen molar-refractivity contribution in [2.45, 2.75) is 31.3 Å². The predicted octanol–water partition coefficient (Wildman–Crippen LogP) is 2.78. The number of rotatable bonds is 8. The van der Waals surface area contributed by atoms with Crippen molar-refractivity contribution in [1.29, 1.82) is 0 Å². The van der Waals surface area contributed by atoms with Gasteiger partial charge >= 0.3 is 0 Å². The normalized spacial score (nSPS) is 11.3. The summed E-state index contributed by atoms with van der Waals surface area (Å²) in [6.45, 7) is 2.50. The van der Waals surface area contributed by atoms with E-state index in [4.69, 9.17) is 5.14 Å². The molecule has 130 valence electrons. The highest BCUT2D eigenvalue weighted by atomic mass is 32.2. The van der Waals surface area contributed by atoms with Crippen LogP contribution < -0.4 is 15.8 Å². The lowest BCUT2D eigenvalue weighted by molar-refractivity contribution is 0.281. The van der Waals surface area contributed by atoms with Crippen molar-refractivity contribution >= 4 is 27.1 Å². The second-order valence-corrected chi connectivity index (χ2v) is 7.02. The standard InChI is InChI=1S/C17H23N3O3S/c1-2-3-9-19-15-10-13(12-21)11-16(24(18,22)23)17(15)20-14-7-5-4-6-8-14/h4-8,10-11,19-21H,2-3,9,12H2,1H3,(H2,18,22,23). The van der Waals surface area contributed by atoms with Crippen molar-refractivity contribution in [3.63, 3.8) is 0 Å². The first-order chi connectivity index (χ1) is 11.5. The number of nitrogens with one attached hydrogen (secondary N) is 2. The van der Waals surface area contributed by atoms with E-state index in [0.29, 0.717) is 23.5 Å². The molecule has 0 heterocycles. The van der Waals surface area contributed by atoms with E-state index in [1.54, 1.807) is 6.07 Å². The van der Waals surface area contributed by atoms with Crippen molar-refractivity contribution in [1.82, 2.24) is 0 Å². The Morgan fingerprint density at radius 2 is 1.88 bits per heavy atom. The lowest BCUT2D eigenvalue weighted by Crippen LogP contribution is -2.16. The first kappa shape index (κ1) is 18.3. The molecule has 24 heavy (non-hydrogen) atoms. The second-order valence-electron chi connectivity index (χ2n) is 5.49. The molecule has 0 saturated carbocycles. The van der Waals surface area contributed by atoms with Crippen LogP contribution in [-0.4, -0.2) is 20.1 Å². The first-order valence-electron chi connectivity index (χ1n) is 7.82. The Bertz CT molecular complexity index is 777. The molecule has 6 nitrogen and oxygen atoms in total. The van der Waals surface area contributed by atoms with Gasteiger partial charge in [-0.3, -0.25) is 0 Å². The summed E-state index contributed by atoms with van der Waals surface area (Å²) in [6.07, 6.45) is 1.95. The number of sulfonamides is 1. The highest BCUT2D eigenvalue weighted by Crippen LogP contribution is 2.34. The lowest BCUT2D eigenvalue weighted by atomic mass is 10.1. The Hall–Kier alpha value is -2.09. The van der Waals surface area contributed by atoms with Crippen LogP contribution in [-0.2, 0) is 16.6 Å². The van der Waals surface area contributed by atoms with Crippen LogP contribution in [0.4, 0.5) is 17.1 Å². The molecule has 0 saturated heterocycles. The number of anilines is 3. The number of primary sulfonamides is 1. The van der Waals surface area contributed by atoms with Crippen molar-refractivity contribution in [2.24, 2.45) is 5.14 Å². The Kier molecular flexibility index (Phi) is 6.19. The zero-order chi connectivity index (χ0) is 17.6. The Morgan fingerprint density at radius 1 is 1.17 bits per heavy atom. The summed E-state index contributed by atoms with van der Waals surface area (Å²) >= 11 is 0. The molecule has 0 aliphatic carbocycles. The predicted molar refractivity (Wildman–Crippen MR) is 96.9 cm³/mol. The van der Waals surface area contributed by atoms with E-state index in [0.717, 1.165) is 18.5 Å². The van der Waals surface area contributed by atoms with Crippen LogP contribution in [0.1, 0.15) is 25.3 Å². The summed E-state index contributed by atoms with van der Waals surface area (Å²) in [7, 11) is -3.95. The summed E-state index contributed by atoms with van der Waals surface area (Å²) < 4.78 is 24.0. The number of unbranched alkanes of at least 4 members (excludes halogenated alkanes) is 1. The van der Waals surface area contributed by atoms with E-state index in [1.807, 2.05) is 30.3 Å². The van der Waals surface area contributed by atoms with Gasteiger partial charge in [0.15, 0.2) is 0 Å². The first-order valence-corrected chi connectivity index (χ1v) is 9.37. The molecule has 0 aliphatic rings. The molecule has 0 spiro atoms. The number of benzene rings is 2. The van der Waals surface area contributed by atoms with Gasteiger partial charge < -0.3 is 15.7 Å². The molecule has 7 heteroatoms. The number of hydrogen-bond donors (Lipinski definition) is 4. The minimum atomic E-state index is -3.95. The van der Waals surface area contributed by atoms with Crippen molar-refractivity contribution in [3.05, 3.63) is 48.0 Å². The van der Waals surface area contributed by atoms with Gasteiger partial charge in [-0.05, 0) is 36.2 Å². The Morgan fingerprint density at radius 3 is 2.46 bits per heavy atom. The number of hydrogen-bond acceptors (Lipinski definition) is 5. The zero-order valence-electron chi connectivity index (χ0n) is 13.6. The minimum absolute atomic E-state index is 0.0445. The molecular weight excluding hydrogens is 326 g/mol. The van der Waals surface area contributed by atoms with Gasteiger partial charge in [-0.25, -0.2) is 13.6 Å². The highest BCUT2D eigenvalue weighted by molar-refractivity contribution is 7.89. The molecule has 0 atom stereocenters. The fourth-order valence-electron chi connectivity index (χ4n) is 2.32. The van der Waals surface area contributed by atoms with E-state index in [9.17, 15) is 13.5 Å². The smallest absolute Gasteiger partial charge is 0.240 e. The molecule has 5 N–H and O–H groups in total. The van der Waals surface area contributed by atoms with E-state index in [1.165, 1.54) is 6.07 Å². The van der Waals surface area contributed by atoms with Crippen molar-refractivity contribution in [3.8, 4) is 0 Å². The third-order valence-corrected chi connectivity index (χ3v) is 4.47. The van der Waals surface area contributed by atoms with Gasteiger partial charge in [0, 0.05) is 12.2 Å². The fraction of sp³-hybridized carbons (Fsp3) is 0.294. The molecule has 2 rings (SSSR count). The monoisotopic (exact) mass is 349 g/mol. The minimum Gasteiger partial charge on any atom is -0.392 e. The molecule has 0 radical (unpaired) electrons. The summed E-state index contributed by atoms with van der Waals surface area (Å²) in [6, 6.07) is 12.4. The Balaban J connectivity index is 2.53. The van der Waals surface area contributed by atoms with Crippen LogP contribution in [0.25, 0.3) is 0 Å². The van der Waals surface area contributed by atoms with Crippen LogP contribution in [0.15, 0.2) is 47.4 Å². The van der Waals surface area contributed by atoms with E-state index >= 15 is 0 Å². The third-order valence-electron chi connectivity index (χ3n) is 3.54. The molecule has 0 unspecified atom stereocenters. The lowest BCUT2D eigenvalue weighted by Gasteiger charge is -2.18. The SMILES string of the molecule is CCCCNc1cc(CO)cc(S(N)(=O)=O)c1Nc1ccccc1. The molecule has 0 aromatic heterocycles. The maximum Gasteiger partial charge on any atom is 0.240 e. The van der Waals surface area contributed by atoms with Crippen LogP contribution in [0.2, 0.25) is 0 Å². The van der Waals surface area contributed by atoms with E-state index in [2.05, 4.69) is 17.6 Å². The average molecular weight is 349 g/mol. The van der Waals surface area contributed by atoms with Crippen LogP contribution in [0.5, 0.6) is 0 Å². The topological polar surface area (TPSA) is 104 Å². The summed E-state index contributed by atoms with van der Waals surface area (Å²) in [5.74, 6) is 0. The largest absolute Gasteiger partial charge is 0.392 e. The van der Waals surface area contributed by atoms with Gasteiger partial charge in [0.25, 0.3) is 0 Å². The number of para-hydroxylation sites is 1. The molecular formula is C17H23N3O3S. The fourth-order valence-corrected chi connectivity index (χ4v) is 3.08. The number of aliphatic hydroxyl groups excluding tert-OH is 1. The molecule has 0 bridgehead atoms. The number of aliphatic hydroxyl groups is 1. The molecule has 0 amide bonds. The van der Waals surface area contributed by atoms with E-state index < -0.39 is 10.0 Å². The zero-order valence-corrected chi connectivity index (χ0v) is 14.4. The Labute approximate surface area is 142 Å². The van der Waals surface area contributed by atoms with Gasteiger partial charge in [-0.15, -0.1) is 0 Å². The second kappa shape index (κ2) is 8.14. The summed E-state index contributed by atoms with van der Waals surface area (Å²) in [4.78, 5) is -0.0445. The molecule has 0 aliphatic heterocycles. The highest BCUT2D eigenvalue weighted by Gasteiger charge is 2.19. The van der Waals surface area contributed by atoms with Gasteiger partial charge in [0.05, 0.1) is 18.0 Å². The summed E-state index contributed by atoms with van der Waals surface area (Å²) in [5.41, 5.74) is 2.22. The number of nitrogens with two attached hydrogens (primary N) is 1. The van der Waals surface area contributed by atoms with Crippen LogP contribution in [0, 0.1) is 0 Å². The maximum absolute atomic E-state index is 12.0.